The Morgan fingerprint density at radius 1 is 1.15 bits per heavy atom. The minimum absolute atomic E-state index is 0.0297. The van der Waals surface area contributed by atoms with Gasteiger partial charge in [0.15, 0.2) is 0 Å². The Kier molecular flexibility index (Phi) is 6.66. The molecule has 0 aromatic carbocycles. The van der Waals surface area contributed by atoms with Gasteiger partial charge in [-0.2, -0.15) is 22.0 Å². The van der Waals surface area contributed by atoms with E-state index < -0.39 is 24.1 Å². The average molecular weight is 306 g/mol. The largest absolute Gasteiger partial charge is 0.455 e. The molecule has 0 aliphatic heterocycles. The van der Waals surface area contributed by atoms with Gasteiger partial charge in [-0.25, -0.2) is 0 Å². The highest BCUT2D eigenvalue weighted by Crippen LogP contribution is 2.35. The summed E-state index contributed by atoms with van der Waals surface area (Å²) in [6.07, 6.45) is -4.32. The van der Waals surface area contributed by atoms with Crippen LogP contribution in [0.4, 0.5) is 22.0 Å². The van der Waals surface area contributed by atoms with Gasteiger partial charge in [-0.1, -0.05) is 25.4 Å². The first-order chi connectivity index (χ1) is 8.94. The molecule has 0 saturated carbocycles. The maximum atomic E-state index is 12.5. The van der Waals surface area contributed by atoms with E-state index in [1.165, 1.54) is 0 Å². The van der Waals surface area contributed by atoms with Gasteiger partial charge in [0, 0.05) is 12.0 Å². The van der Waals surface area contributed by atoms with Gasteiger partial charge < -0.3 is 15.7 Å². The molecule has 0 fully saturated rings. The first kappa shape index (κ1) is 18.9. The van der Waals surface area contributed by atoms with Crippen LogP contribution in [-0.4, -0.2) is 36.4 Å². The Morgan fingerprint density at radius 3 is 2.15 bits per heavy atom. The standard InChI is InChI=1S/C11H19F5N2O2/c1-9(2,8(17)18-19)5-3-4-6-20-7-10(12,13)11(14,15)16/h19H,3-7H2,1-2H3,(H2,17,18). The number of nitrogens with zero attached hydrogens (tertiary/aromatic N) is 1. The van der Waals surface area contributed by atoms with E-state index in [0.717, 1.165) is 0 Å². The summed E-state index contributed by atoms with van der Waals surface area (Å²) in [4.78, 5) is 0. The van der Waals surface area contributed by atoms with Crippen molar-refractivity contribution in [3.8, 4) is 0 Å². The van der Waals surface area contributed by atoms with Crippen LogP contribution in [0.1, 0.15) is 33.1 Å². The molecule has 0 heterocycles. The molecule has 0 bridgehead atoms. The third kappa shape index (κ3) is 5.89. The molecule has 20 heavy (non-hydrogen) atoms. The summed E-state index contributed by atoms with van der Waals surface area (Å²) in [6.45, 7) is 1.56. The number of hydrogen-bond acceptors (Lipinski definition) is 3. The number of unbranched alkanes of at least 4 members (excludes halogenated alkanes) is 1. The highest BCUT2D eigenvalue weighted by Gasteiger charge is 2.57. The molecule has 3 N–H and O–H groups in total. The smallest absolute Gasteiger partial charge is 0.409 e. The maximum absolute atomic E-state index is 12.5. The monoisotopic (exact) mass is 306 g/mol. The van der Waals surface area contributed by atoms with Crippen LogP contribution in [0.5, 0.6) is 0 Å². The van der Waals surface area contributed by atoms with Crippen molar-refractivity contribution in [2.24, 2.45) is 16.3 Å². The van der Waals surface area contributed by atoms with E-state index in [4.69, 9.17) is 10.9 Å². The Bertz CT molecular complexity index is 329. The number of nitrogens with two attached hydrogens (primary N) is 1. The quantitative estimate of drug-likeness (QED) is 0.181. The van der Waals surface area contributed by atoms with Crippen molar-refractivity contribution < 1.29 is 31.9 Å². The number of ether oxygens (including phenoxy) is 1. The number of hydrogen-bond donors (Lipinski definition) is 2. The van der Waals surface area contributed by atoms with E-state index in [1.54, 1.807) is 13.8 Å². The molecule has 0 unspecified atom stereocenters. The van der Waals surface area contributed by atoms with Gasteiger partial charge in [-0.3, -0.25) is 0 Å². The summed E-state index contributed by atoms with van der Waals surface area (Å²) in [5.41, 5.74) is 4.86. The van der Waals surface area contributed by atoms with Crippen LogP contribution in [0, 0.1) is 5.41 Å². The Labute approximate surface area is 113 Å². The first-order valence-corrected chi connectivity index (χ1v) is 5.94. The molecule has 120 valence electrons. The number of rotatable bonds is 8. The van der Waals surface area contributed by atoms with Crippen LogP contribution in [0.15, 0.2) is 5.16 Å². The lowest BCUT2D eigenvalue weighted by atomic mass is 9.86. The van der Waals surface area contributed by atoms with E-state index in [9.17, 15) is 22.0 Å². The summed E-state index contributed by atoms with van der Waals surface area (Å²) in [5, 5.41) is 11.4. The van der Waals surface area contributed by atoms with E-state index in [0.29, 0.717) is 19.3 Å². The predicted octanol–water partition coefficient (Wildman–Crippen LogP) is 3.14. The first-order valence-electron chi connectivity index (χ1n) is 5.94. The van der Waals surface area contributed by atoms with E-state index >= 15 is 0 Å². The van der Waals surface area contributed by atoms with Gasteiger partial charge in [-0.15, -0.1) is 0 Å². The second-order valence-electron chi connectivity index (χ2n) is 5.08. The highest BCUT2D eigenvalue weighted by molar-refractivity contribution is 5.85. The van der Waals surface area contributed by atoms with E-state index in [2.05, 4.69) is 9.89 Å². The zero-order valence-corrected chi connectivity index (χ0v) is 11.3. The molecular weight excluding hydrogens is 287 g/mol. The SMILES string of the molecule is CC(C)(CCCCOCC(F)(F)C(F)(F)F)C(N)=NO. The highest BCUT2D eigenvalue weighted by atomic mass is 19.4. The lowest BCUT2D eigenvalue weighted by molar-refractivity contribution is -0.296. The molecule has 0 aliphatic carbocycles. The zero-order valence-electron chi connectivity index (χ0n) is 11.3. The summed E-state index contributed by atoms with van der Waals surface area (Å²) in [6, 6.07) is 0. The zero-order chi connectivity index (χ0) is 16.0. The summed E-state index contributed by atoms with van der Waals surface area (Å²) < 4.78 is 64.7. The van der Waals surface area contributed by atoms with E-state index in [-0.39, 0.29) is 12.4 Å². The van der Waals surface area contributed by atoms with Crippen LogP contribution in [0.2, 0.25) is 0 Å². The maximum Gasteiger partial charge on any atom is 0.455 e. The Balaban J connectivity index is 3.90. The summed E-state index contributed by atoms with van der Waals surface area (Å²) in [5.74, 6) is -4.80. The molecule has 0 aromatic heterocycles. The fraction of sp³-hybridized carbons (Fsp3) is 0.909. The summed E-state index contributed by atoms with van der Waals surface area (Å²) in [7, 11) is 0. The Morgan fingerprint density at radius 2 is 1.70 bits per heavy atom. The third-order valence-electron chi connectivity index (χ3n) is 2.84. The van der Waals surface area contributed by atoms with Gasteiger partial charge in [0.05, 0.1) is 0 Å². The minimum atomic E-state index is -5.60. The molecule has 0 aromatic rings. The van der Waals surface area contributed by atoms with Crippen molar-refractivity contribution >= 4 is 5.84 Å². The molecule has 4 nitrogen and oxygen atoms in total. The van der Waals surface area contributed by atoms with Crippen LogP contribution in [0.25, 0.3) is 0 Å². The summed E-state index contributed by atoms with van der Waals surface area (Å²) >= 11 is 0. The molecule has 0 amide bonds. The van der Waals surface area contributed by atoms with Gasteiger partial charge >= 0.3 is 12.1 Å². The van der Waals surface area contributed by atoms with E-state index in [1.807, 2.05) is 0 Å². The molecule has 0 spiro atoms. The third-order valence-corrected chi connectivity index (χ3v) is 2.84. The van der Waals surface area contributed by atoms with Crippen molar-refractivity contribution in [1.29, 1.82) is 0 Å². The fourth-order valence-corrected chi connectivity index (χ4v) is 1.32. The number of amidine groups is 1. The fourth-order valence-electron chi connectivity index (χ4n) is 1.32. The van der Waals surface area contributed by atoms with Gasteiger partial charge in [0.1, 0.15) is 12.4 Å². The second kappa shape index (κ2) is 7.05. The number of oxime groups is 1. The molecular formula is C11H19F5N2O2. The molecule has 0 atom stereocenters. The molecule has 0 radical (unpaired) electrons. The Hall–Kier alpha value is -1.12. The second-order valence-corrected chi connectivity index (χ2v) is 5.08. The van der Waals surface area contributed by atoms with Gasteiger partial charge in [0.25, 0.3) is 0 Å². The van der Waals surface area contributed by atoms with Crippen LogP contribution in [0.3, 0.4) is 0 Å². The molecule has 0 aliphatic rings. The van der Waals surface area contributed by atoms with Gasteiger partial charge in [0.2, 0.25) is 0 Å². The minimum Gasteiger partial charge on any atom is -0.409 e. The van der Waals surface area contributed by atoms with Crippen LogP contribution >= 0.6 is 0 Å². The van der Waals surface area contributed by atoms with Crippen LogP contribution < -0.4 is 5.73 Å². The van der Waals surface area contributed by atoms with Crippen molar-refractivity contribution in [3.63, 3.8) is 0 Å². The number of alkyl halides is 5. The van der Waals surface area contributed by atoms with Crippen LogP contribution in [-0.2, 0) is 4.74 Å². The van der Waals surface area contributed by atoms with Crippen molar-refractivity contribution in [2.75, 3.05) is 13.2 Å². The molecule has 0 saturated heterocycles. The average Bonchev–Trinajstić information content (AvgIpc) is 2.30. The lowest BCUT2D eigenvalue weighted by Crippen LogP contribution is -2.40. The van der Waals surface area contributed by atoms with Crippen molar-refractivity contribution in [1.82, 2.24) is 0 Å². The van der Waals surface area contributed by atoms with Gasteiger partial charge in [-0.05, 0) is 12.8 Å². The topological polar surface area (TPSA) is 67.8 Å². The van der Waals surface area contributed by atoms with Crippen molar-refractivity contribution in [3.05, 3.63) is 0 Å². The predicted molar refractivity (Wildman–Crippen MR) is 62.9 cm³/mol. The molecule has 9 heteroatoms. The number of halogens is 5. The lowest BCUT2D eigenvalue weighted by Gasteiger charge is -2.22. The molecule has 0 rings (SSSR count). The van der Waals surface area contributed by atoms with Crippen molar-refractivity contribution in [2.45, 2.75) is 45.2 Å². The normalized spacial score (nSPS) is 14.7.